The van der Waals surface area contributed by atoms with Gasteiger partial charge in [-0.1, -0.05) is 81.3 Å². The number of fused-ring (bicyclic) bond motifs is 1. The number of benzene rings is 3. The number of hydrogen-bond donors (Lipinski definition) is 4. The van der Waals surface area contributed by atoms with Crippen LogP contribution in [0.15, 0.2) is 96.5 Å². The lowest BCUT2D eigenvalue weighted by Gasteiger charge is -2.32. The van der Waals surface area contributed by atoms with Crippen molar-refractivity contribution in [3.8, 4) is 58.3 Å². The smallest absolute Gasteiger partial charge is 0.407 e. The zero-order valence-corrected chi connectivity index (χ0v) is 38.1. The molecule has 6 rings (SSSR count). The molecule has 0 fully saturated rings. The maximum atomic E-state index is 14.3. The lowest BCUT2D eigenvalue weighted by molar-refractivity contribution is -0.135. The molecular formula is C51H56N8O7. The number of allylic oxidation sites excluding steroid dienone is 3. The number of carbonyl (C=O) groups excluding carboxylic acids is 4. The number of nitrogens with one attached hydrogen (secondary N) is 4. The normalized spacial score (nSPS) is 13.5. The average molecular weight is 893 g/mol. The Balaban J connectivity index is 1.16. The molecule has 1 aliphatic carbocycles. The fourth-order valence-electron chi connectivity index (χ4n) is 7.81. The third-order valence-electron chi connectivity index (χ3n) is 11.4. The number of carbonyl (C=O) groups is 4. The van der Waals surface area contributed by atoms with Crippen LogP contribution in [0.3, 0.4) is 0 Å². The van der Waals surface area contributed by atoms with Crippen LogP contribution in [0, 0.1) is 30.6 Å². The van der Waals surface area contributed by atoms with Gasteiger partial charge in [-0.2, -0.15) is 0 Å². The van der Waals surface area contributed by atoms with Gasteiger partial charge < -0.3 is 44.6 Å². The molecule has 2 unspecified atom stereocenters. The Hall–Kier alpha value is -7.78. The largest absolute Gasteiger partial charge is 0.501 e. The van der Waals surface area contributed by atoms with E-state index in [4.69, 9.17) is 27.1 Å². The molecule has 4 amide bonds. The average Bonchev–Trinajstić information content (AvgIpc) is 4.03. The van der Waals surface area contributed by atoms with Crippen LogP contribution in [0.1, 0.15) is 64.1 Å². The molecule has 0 bridgehead atoms. The molecule has 0 radical (unpaired) electrons. The fraction of sp³-hybridized carbons (Fsp3) is 0.333. The Labute approximate surface area is 385 Å². The molecule has 15 heteroatoms. The van der Waals surface area contributed by atoms with Crippen LogP contribution >= 0.6 is 0 Å². The topological polar surface area (TPSA) is 184 Å². The molecule has 0 saturated heterocycles. The second-order valence-corrected chi connectivity index (χ2v) is 16.1. The summed E-state index contributed by atoms with van der Waals surface area (Å²) in [6, 6.07) is 17.9. The maximum absolute atomic E-state index is 14.3. The van der Waals surface area contributed by atoms with Crippen LogP contribution in [0.2, 0.25) is 0 Å². The van der Waals surface area contributed by atoms with Gasteiger partial charge in [0.05, 0.1) is 57.4 Å². The Bertz CT molecular complexity index is 2680. The molecule has 2 heterocycles. The minimum Gasteiger partial charge on any atom is -0.501 e. The second-order valence-electron chi connectivity index (χ2n) is 16.1. The van der Waals surface area contributed by atoms with Gasteiger partial charge >= 0.3 is 12.2 Å². The SMILES string of the molecule is C#CCCN(Cc1ncc(-c2ccc3cc(-c4ccc(-c5cnc(C(C#C)N(CCC)C(=O)C(NC(=O)OC)C6=CC=C(OC)CC6)[nH]5)cc4)ccc3c2)[nH]1)C(=O)[C@@H](NC(=O)OC)C(C)C. The van der Waals surface area contributed by atoms with E-state index >= 15 is 0 Å². The van der Waals surface area contributed by atoms with Crippen molar-refractivity contribution in [3.05, 3.63) is 108 Å². The molecule has 5 aromatic rings. The van der Waals surface area contributed by atoms with Crippen molar-refractivity contribution in [2.45, 2.75) is 71.1 Å². The summed E-state index contributed by atoms with van der Waals surface area (Å²) in [5.74, 6) is 6.31. The second kappa shape index (κ2) is 22.2. The first-order valence-electron chi connectivity index (χ1n) is 21.8. The first-order valence-corrected chi connectivity index (χ1v) is 21.8. The first-order chi connectivity index (χ1) is 31.9. The van der Waals surface area contributed by atoms with E-state index in [1.807, 2.05) is 51.1 Å². The molecule has 0 aliphatic heterocycles. The molecule has 3 aromatic carbocycles. The van der Waals surface area contributed by atoms with Crippen LogP contribution in [0.4, 0.5) is 9.59 Å². The molecule has 4 N–H and O–H groups in total. The Morgan fingerprint density at radius 1 is 0.773 bits per heavy atom. The van der Waals surface area contributed by atoms with Crippen molar-refractivity contribution in [1.82, 2.24) is 40.4 Å². The maximum Gasteiger partial charge on any atom is 0.407 e. The molecule has 0 saturated carbocycles. The fourth-order valence-corrected chi connectivity index (χ4v) is 7.81. The summed E-state index contributed by atoms with van der Waals surface area (Å²) < 4.78 is 15.0. The number of methoxy groups -OCH3 is 3. The van der Waals surface area contributed by atoms with E-state index in [1.54, 1.807) is 41.5 Å². The van der Waals surface area contributed by atoms with E-state index < -0.39 is 30.3 Å². The Morgan fingerprint density at radius 2 is 1.41 bits per heavy atom. The van der Waals surface area contributed by atoms with Crippen LogP contribution in [0.5, 0.6) is 0 Å². The quantitative estimate of drug-likeness (QED) is 0.0635. The lowest BCUT2D eigenvalue weighted by Crippen LogP contribution is -2.51. The molecule has 342 valence electrons. The first kappa shape index (κ1) is 47.7. The van der Waals surface area contributed by atoms with Gasteiger partial charge in [-0.15, -0.1) is 18.8 Å². The molecule has 0 spiro atoms. The van der Waals surface area contributed by atoms with Crippen molar-refractivity contribution >= 4 is 34.8 Å². The highest BCUT2D eigenvalue weighted by molar-refractivity contribution is 5.91. The lowest BCUT2D eigenvalue weighted by atomic mass is 9.95. The highest BCUT2D eigenvalue weighted by atomic mass is 16.5. The number of terminal acetylenes is 2. The summed E-state index contributed by atoms with van der Waals surface area (Å²) in [5, 5.41) is 7.44. The number of rotatable bonds is 18. The molecule has 15 nitrogen and oxygen atoms in total. The number of hydrogen-bond acceptors (Lipinski definition) is 9. The summed E-state index contributed by atoms with van der Waals surface area (Å²) in [7, 11) is 4.11. The van der Waals surface area contributed by atoms with E-state index in [1.165, 1.54) is 14.2 Å². The number of alkyl carbamates (subject to hydrolysis) is 2. The zero-order valence-electron chi connectivity index (χ0n) is 38.1. The Morgan fingerprint density at radius 3 is 2.03 bits per heavy atom. The summed E-state index contributed by atoms with van der Waals surface area (Å²) in [6.45, 7) is 6.46. The number of nitrogens with zero attached hydrogens (tertiary/aromatic N) is 4. The van der Waals surface area contributed by atoms with Crippen molar-refractivity contribution in [2.24, 2.45) is 5.92 Å². The highest BCUT2D eigenvalue weighted by Crippen LogP contribution is 2.31. The minimum absolute atomic E-state index is 0.180. The van der Waals surface area contributed by atoms with Gasteiger partial charge in [0.15, 0.2) is 6.04 Å². The van der Waals surface area contributed by atoms with Gasteiger partial charge in [0, 0.05) is 31.5 Å². The van der Waals surface area contributed by atoms with Crippen LogP contribution in [-0.4, -0.2) is 100 Å². The van der Waals surface area contributed by atoms with E-state index in [0.717, 1.165) is 50.2 Å². The number of H-pyrrole nitrogens is 2. The Kier molecular flexibility index (Phi) is 16.1. The van der Waals surface area contributed by atoms with Gasteiger partial charge in [-0.25, -0.2) is 19.6 Å². The van der Waals surface area contributed by atoms with Crippen molar-refractivity contribution in [3.63, 3.8) is 0 Å². The number of amides is 4. The van der Waals surface area contributed by atoms with Gasteiger partial charge in [0.2, 0.25) is 5.91 Å². The minimum atomic E-state index is -0.992. The van der Waals surface area contributed by atoms with E-state index in [0.29, 0.717) is 56.0 Å². The molecule has 2 aromatic heterocycles. The van der Waals surface area contributed by atoms with Crippen molar-refractivity contribution in [1.29, 1.82) is 0 Å². The van der Waals surface area contributed by atoms with Crippen LogP contribution in [0.25, 0.3) is 44.4 Å². The zero-order chi connectivity index (χ0) is 47.3. The van der Waals surface area contributed by atoms with E-state index in [-0.39, 0.29) is 24.3 Å². The van der Waals surface area contributed by atoms with Crippen molar-refractivity contribution in [2.75, 3.05) is 34.4 Å². The summed E-state index contributed by atoms with van der Waals surface area (Å²) >= 11 is 0. The standard InChI is InChI=1S/C51H56N8O7/c1-9-12-26-58(48(60)45(32(4)5)56-50(62)65-7)31-44-52-29-42(54-44)39-20-19-37-27-36(17-18-38(37)28-39)33-13-15-34(16-14-33)41-30-53-47(55-41)43(11-3)59(25-10-2)49(61)46(57-51(63)66-8)35-21-23-40(64-6)24-22-35/h1,3,13-21,23,27-30,32,43,45-46H,10,12,22,24-26,31H2,2,4-8H3,(H,52,54)(H,53,55)(H,56,62)(H,57,63)/t43?,45-,46?/m0/s1. The molecule has 1 aliphatic rings. The van der Waals surface area contributed by atoms with Crippen LogP contribution in [-0.2, 0) is 30.3 Å². The number of aromatic amines is 2. The third kappa shape index (κ3) is 11.3. The summed E-state index contributed by atoms with van der Waals surface area (Å²) in [4.78, 5) is 71.3. The van der Waals surface area contributed by atoms with Gasteiger partial charge in [-0.05, 0) is 70.0 Å². The van der Waals surface area contributed by atoms with Crippen molar-refractivity contribution < 1.29 is 33.4 Å². The van der Waals surface area contributed by atoms with E-state index in [2.05, 4.69) is 72.7 Å². The summed E-state index contributed by atoms with van der Waals surface area (Å²) in [6.07, 6.45) is 19.3. The third-order valence-corrected chi connectivity index (χ3v) is 11.4. The number of aromatic nitrogens is 4. The highest BCUT2D eigenvalue weighted by Gasteiger charge is 2.35. The summed E-state index contributed by atoms with van der Waals surface area (Å²) in [5.41, 5.74) is 6.09. The number of imidazole rings is 2. The predicted octanol–water partition coefficient (Wildman–Crippen LogP) is 7.91. The van der Waals surface area contributed by atoms with Gasteiger partial charge in [0.25, 0.3) is 5.91 Å². The molecular weight excluding hydrogens is 837 g/mol. The van der Waals surface area contributed by atoms with Gasteiger partial charge in [-0.3, -0.25) is 9.59 Å². The van der Waals surface area contributed by atoms with E-state index in [9.17, 15) is 19.2 Å². The number of ether oxygens (including phenoxy) is 3. The predicted molar refractivity (Wildman–Crippen MR) is 253 cm³/mol. The monoisotopic (exact) mass is 892 g/mol. The van der Waals surface area contributed by atoms with Crippen LogP contribution < -0.4 is 10.6 Å². The molecule has 3 atom stereocenters. The molecule has 66 heavy (non-hydrogen) atoms. The van der Waals surface area contributed by atoms with Gasteiger partial charge in [0.1, 0.15) is 23.7 Å².